The molecular formula is C40H36N3O4+. The summed E-state index contributed by atoms with van der Waals surface area (Å²) in [6.07, 6.45) is 1.19. The van der Waals surface area contributed by atoms with Gasteiger partial charge in [-0.25, -0.2) is 4.99 Å². The Bertz CT molecular complexity index is 2080. The monoisotopic (exact) mass is 622 g/mol. The van der Waals surface area contributed by atoms with Crippen molar-refractivity contribution in [3.8, 4) is 22.5 Å². The number of rotatable bonds is 7. The predicted molar refractivity (Wildman–Crippen MR) is 183 cm³/mol. The first kappa shape index (κ1) is 30.0. The molecule has 0 spiro atoms. The lowest BCUT2D eigenvalue weighted by Gasteiger charge is -2.31. The van der Waals surface area contributed by atoms with E-state index in [-0.39, 0.29) is 17.8 Å². The summed E-state index contributed by atoms with van der Waals surface area (Å²) >= 11 is 0. The van der Waals surface area contributed by atoms with Crippen LogP contribution in [0.25, 0.3) is 33.4 Å². The lowest BCUT2D eigenvalue weighted by molar-refractivity contribution is -0.402. The van der Waals surface area contributed by atoms with Crippen LogP contribution in [0.15, 0.2) is 126 Å². The molecule has 234 valence electrons. The van der Waals surface area contributed by atoms with Crippen LogP contribution in [0.3, 0.4) is 0 Å². The standard InChI is InChI=1S/C40H35N3O4/c1-2-46-40(45)27-21-23-43(24-22-27)39(44)33-16-10-9-15-32(33)38-34-19-17-30(41-28-11-5-3-6-12-28)25-36(34)47-37-26-31(18-20-35(37)38)42-29-13-7-4-8-14-29/h3-20,25-27,41H,2,21-24H2,1H3/p+1. The maximum Gasteiger partial charge on any atom is 0.309 e. The first-order valence-corrected chi connectivity index (χ1v) is 16.1. The maximum atomic E-state index is 14.1. The van der Waals surface area contributed by atoms with Crippen molar-refractivity contribution in [1.29, 1.82) is 0 Å². The molecule has 7 nitrogen and oxygen atoms in total. The van der Waals surface area contributed by atoms with E-state index in [1.165, 1.54) is 0 Å². The molecule has 4 aromatic rings. The number of para-hydroxylation sites is 2. The molecule has 7 rings (SSSR count). The van der Waals surface area contributed by atoms with Crippen molar-refractivity contribution in [1.82, 2.24) is 4.90 Å². The molecule has 0 saturated carbocycles. The van der Waals surface area contributed by atoms with Gasteiger partial charge in [0.15, 0.2) is 0 Å². The van der Waals surface area contributed by atoms with Crippen LogP contribution in [0.2, 0.25) is 0 Å². The van der Waals surface area contributed by atoms with Gasteiger partial charge in [-0.3, -0.25) is 9.59 Å². The number of benzene rings is 5. The lowest BCUT2D eigenvalue weighted by Crippen LogP contribution is -2.70. The average molecular weight is 623 g/mol. The Morgan fingerprint density at radius 2 is 1.53 bits per heavy atom. The van der Waals surface area contributed by atoms with Gasteiger partial charge in [-0.05, 0) is 61.7 Å². The van der Waals surface area contributed by atoms with Crippen molar-refractivity contribution in [3.63, 3.8) is 0 Å². The minimum atomic E-state index is -0.173. The van der Waals surface area contributed by atoms with Gasteiger partial charge in [0.2, 0.25) is 11.0 Å². The highest BCUT2D eigenvalue weighted by atomic mass is 16.5. The van der Waals surface area contributed by atoms with Crippen molar-refractivity contribution < 1.29 is 23.7 Å². The molecule has 2 N–H and O–H groups in total. The van der Waals surface area contributed by atoms with E-state index in [1.807, 2.05) is 121 Å². The van der Waals surface area contributed by atoms with Crippen molar-refractivity contribution >= 4 is 39.9 Å². The molecule has 3 aliphatic rings. The van der Waals surface area contributed by atoms with Crippen molar-refractivity contribution in [3.05, 3.63) is 132 Å². The number of amides is 1. The fraction of sp³-hybridized carbons (Fsp3) is 0.175. The van der Waals surface area contributed by atoms with E-state index in [2.05, 4.69) is 22.4 Å². The van der Waals surface area contributed by atoms with Crippen LogP contribution in [0.5, 0.6) is 0 Å². The number of carbonyl (C=O) groups is 2. The summed E-state index contributed by atoms with van der Waals surface area (Å²) in [7, 11) is 0. The Morgan fingerprint density at radius 3 is 2.30 bits per heavy atom. The Labute approximate surface area is 273 Å². The SMILES string of the molecule is CCOC(=O)C1CCN(C(=O)c2ccccc2-c2c3ccc(=[NH+]c4ccccc4)cc-3oc3cc(Nc4ccccc4)ccc23)CC1. The van der Waals surface area contributed by atoms with Gasteiger partial charge in [0, 0.05) is 70.8 Å². The fourth-order valence-corrected chi connectivity index (χ4v) is 6.35. The molecule has 7 heteroatoms. The van der Waals surface area contributed by atoms with Crippen LogP contribution in [0.4, 0.5) is 17.1 Å². The number of ether oxygens (including phenoxy) is 1. The second-order valence-corrected chi connectivity index (χ2v) is 11.7. The maximum absolute atomic E-state index is 14.1. The van der Waals surface area contributed by atoms with Crippen LogP contribution in [-0.2, 0) is 9.53 Å². The van der Waals surface area contributed by atoms with E-state index in [0.717, 1.165) is 44.5 Å². The van der Waals surface area contributed by atoms with Crippen LogP contribution in [-0.4, -0.2) is 36.5 Å². The number of nitrogens with one attached hydrogen (secondary N) is 2. The number of hydrogen-bond acceptors (Lipinski definition) is 5. The first-order chi connectivity index (χ1) is 23.1. The average Bonchev–Trinajstić information content (AvgIpc) is 3.11. The zero-order valence-corrected chi connectivity index (χ0v) is 26.2. The van der Waals surface area contributed by atoms with E-state index in [4.69, 9.17) is 9.15 Å². The van der Waals surface area contributed by atoms with Crippen molar-refractivity contribution in [2.24, 2.45) is 5.92 Å². The summed E-state index contributed by atoms with van der Waals surface area (Å²) < 4.78 is 11.9. The van der Waals surface area contributed by atoms with Crippen LogP contribution in [0, 0.1) is 5.92 Å². The zero-order valence-electron chi connectivity index (χ0n) is 26.2. The molecule has 2 aliphatic heterocycles. The second-order valence-electron chi connectivity index (χ2n) is 11.7. The fourth-order valence-electron chi connectivity index (χ4n) is 6.35. The van der Waals surface area contributed by atoms with E-state index in [9.17, 15) is 9.59 Å². The largest absolute Gasteiger partial charge is 0.466 e. The van der Waals surface area contributed by atoms with Crippen molar-refractivity contribution in [2.75, 3.05) is 25.0 Å². The number of likely N-dealkylation sites (tertiary alicyclic amines) is 1. The molecular weight excluding hydrogens is 586 g/mol. The van der Waals surface area contributed by atoms with Crippen molar-refractivity contribution in [2.45, 2.75) is 19.8 Å². The third kappa shape index (κ3) is 6.38. The summed E-state index contributed by atoms with van der Waals surface area (Å²) in [4.78, 5) is 31.8. The van der Waals surface area contributed by atoms with Gasteiger partial charge in [0.1, 0.15) is 11.3 Å². The molecule has 0 atom stereocenters. The second kappa shape index (κ2) is 13.3. The molecule has 4 aromatic carbocycles. The summed E-state index contributed by atoms with van der Waals surface area (Å²) in [6.45, 7) is 3.19. The van der Waals surface area contributed by atoms with Gasteiger partial charge in [0.25, 0.3) is 5.91 Å². The Morgan fingerprint density at radius 1 is 0.809 bits per heavy atom. The van der Waals surface area contributed by atoms with Crippen LogP contribution >= 0.6 is 0 Å². The summed E-state index contributed by atoms with van der Waals surface area (Å²) in [5, 5.41) is 5.27. The molecule has 0 radical (unpaired) electrons. The zero-order chi connectivity index (χ0) is 32.2. The highest BCUT2D eigenvalue weighted by molar-refractivity contribution is 6.09. The van der Waals surface area contributed by atoms with Gasteiger partial charge in [-0.2, -0.15) is 0 Å². The Kier molecular flexibility index (Phi) is 8.52. The number of nitrogens with zero attached hydrogens (tertiary/aromatic N) is 1. The number of fused-ring (bicyclic) bond motifs is 2. The van der Waals surface area contributed by atoms with Gasteiger partial charge >= 0.3 is 5.97 Å². The molecule has 1 saturated heterocycles. The summed E-state index contributed by atoms with van der Waals surface area (Å²) in [5.41, 5.74) is 6.84. The number of piperidine rings is 1. The van der Waals surface area contributed by atoms with Gasteiger partial charge < -0.3 is 19.4 Å². The molecule has 1 fully saturated rings. The molecule has 0 aromatic heterocycles. The third-order valence-corrected chi connectivity index (χ3v) is 8.68. The topological polar surface area (TPSA) is 85.8 Å². The number of carbonyl (C=O) groups excluding carboxylic acids is 2. The molecule has 47 heavy (non-hydrogen) atoms. The molecule has 2 heterocycles. The number of esters is 1. The van der Waals surface area contributed by atoms with E-state index < -0.39 is 0 Å². The minimum Gasteiger partial charge on any atom is -0.466 e. The molecule has 1 aliphatic carbocycles. The van der Waals surface area contributed by atoms with Gasteiger partial charge in [0.05, 0.1) is 18.6 Å². The smallest absolute Gasteiger partial charge is 0.309 e. The number of hydrogen-bond donors (Lipinski definition) is 2. The van der Waals surface area contributed by atoms with Crippen LogP contribution < -0.4 is 15.7 Å². The number of anilines is 2. The van der Waals surface area contributed by atoms with Crippen LogP contribution in [0.1, 0.15) is 30.1 Å². The van der Waals surface area contributed by atoms with E-state index in [1.54, 1.807) is 0 Å². The lowest BCUT2D eigenvalue weighted by atomic mass is 9.89. The molecule has 0 bridgehead atoms. The Hall–Kier alpha value is -5.69. The van der Waals surface area contributed by atoms with Gasteiger partial charge in [-0.15, -0.1) is 0 Å². The summed E-state index contributed by atoms with van der Waals surface area (Å²) in [6, 6.07) is 40.0. The van der Waals surface area contributed by atoms with E-state index >= 15 is 0 Å². The highest BCUT2D eigenvalue weighted by Crippen LogP contribution is 2.42. The Balaban J connectivity index is 1.33. The third-order valence-electron chi connectivity index (χ3n) is 8.68. The first-order valence-electron chi connectivity index (χ1n) is 16.1. The van der Waals surface area contributed by atoms with E-state index in [0.29, 0.717) is 49.4 Å². The summed E-state index contributed by atoms with van der Waals surface area (Å²) in [5.74, 6) is 0.306. The molecule has 1 amide bonds. The normalized spacial score (nSPS) is 14.0. The highest BCUT2D eigenvalue weighted by Gasteiger charge is 2.30. The minimum absolute atomic E-state index is 0.0465. The molecule has 0 unspecified atom stereocenters. The quantitative estimate of drug-likeness (QED) is 0.153. The van der Waals surface area contributed by atoms with Gasteiger partial charge in [-0.1, -0.05) is 54.6 Å². The predicted octanol–water partition coefficient (Wildman–Crippen LogP) is 6.68.